The van der Waals surface area contributed by atoms with E-state index in [1.54, 1.807) is 177 Å². The third-order valence-electron chi connectivity index (χ3n) is 19.3. The van der Waals surface area contributed by atoms with E-state index in [4.69, 9.17) is 55.2 Å². The van der Waals surface area contributed by atoms with Gasteiger partial charge in [-0.15, -0.1) is 11.6 Å². The number of halogens is 5. The fraction of sp³-hybridized carbons (Fsp3) is 0.294. The third kappa shape index (κ3) is 39.3. The van der Waals surface area contributed by atoms with Crippen molar-refractivity contribution in [2.75, 3.05) is 154 Å². The number of benzene rings is 9. The Morgan fingerprint density at radius 2 is 0.669 bits per heavy atom. The third-order valence-corrected chi connectivity index (χ3v) is 19.6. The molecule has 0 atom stereocenters. The van der Waals surface area contributed by atoms with E-state index in [2.05, 4.69) is 78.5 Å². The van der Waals surface area contributed by atoms with E-state index in [1.165, 1.54) is 60.5 Å². The number of hydrogen-bond donors (Lipinski definition) is 9. The van der Waals surface area contributed by atoms with Crippen LogP contribution in [0.4, 0.5) is 124 Å². The van der Waals surface area contributed by atoms with Crippen LogP contribution in [0.5, 0.6) is 0 Å². The van der Waals surface area contributed by atoms with Gasteiger partial charge in [-0.25, -0.2) is 55.9 Å². The number of nitrogens with zero attached hydrogens (tertiary/aromatic N) is 4. The van der Waals surface area contributed by atoms with E-state index in [0.29, 0.717) is 104 Å². The normalized spacial score (nSPS) is 10.9. The minimum Gasteiger partial charge on any atom is -0.450 e. The lowest BCUT2D eigenvalue weighted by Crippen LogP contribution is -2.26. The Kier molecular flexibility index (Phi) is 47.1. The smallest absolute Gasteiger partial charge is 0.411 e. The second kappa shape index (κ2) is 59.4. The molecule has 0 saturated heterocycles. The monoisotopic (exact) mass is 1890 g/mol. The van der Waals surface area contributed by atoms with Gasteiger partial charge in [-0.1, -0.05) is 116 Å². The molecule has 34 heteroatoms. The van der Waals surface area contributed by atoms with Crippen LogP contribution < -0.4 is 67.9 Å². The van der Waals surface area contributed by atoms with E-state index in [-0.39, 0.29) is 82.0 Å². The van der Waals surface area contributed by atoms with Gasteiger partial charge in [0.2, 0.25) is 0 Å². The van der Waals surface area contributed by atoms with Crippen LogP contribution in [0.1, 0.15) is 109 Å². The lowest BCUT2D eigenvalue weighted by Gasteiger charge is -2.28. The molecule has 0 fully saturated rings. The van der Waals surface area contributed by atoms with Gasteiger partial charge >= 0.3 is 48.7 Å². The molecule has 9 aromatic rings. The molecule has 0 spiro atoms. The van der Waals surface area contributed by atoms with Crippen molar-refractivity contribution in [3.63, 3.8) is 0 Å². The number of anilines is 12. The summed E-state index contributed by atoms with van der Waals surface area (Å²) in [5.41, 5.74) is 18.8. The van der Waals surface area contributed by atoms with E-state index in [1.807, 2.05) is 57.2 Å². The summed E-state index contributed by atoms with van der Waals surface area (Å²) in [5.74, 6) is 5.36. The number of allylic oxidation sites excluding steroid dienone is 1. The highest BCUT2D eigenvalue weighted by Crippen LogP contribution is 2.36. The molecule has 9 aromatic carbocycles. The first-order valence-electron chi connectivity index (χ1n) is 44.2. The summed E-state index contributed by atoms with van der Waals surface area (Å²) in [7, 11) is 0. The first kappa shape index (κ1) is 108. The molecule has 29 nitrogen and oxygen atoms in total. The Balaban J connectivity index is 0.000000247. The second-order valence-corrected chi connectivity index (χ2v) is 29.8. The molecule has 0 saturated carbocycles. The minimum absolute atomic E-state index is 0.191. The van der Waals surface area contributed by atoms with Crippen LogP contribution >= 0.6 is 11.6 Å². The number of rotatable bonds is 38. The lowest BCUT2D eigenvalue weighted by molar-refractivity contribution is 0.166. The number of ether oxygens (including phenoxy) is 8. The molecular formula is C102H118ClF4N13O16. The van der Waals surface area contributed by atoms with Gasteiger partial charge in [0.1, 0.15) is 23.3 Å². The maximum absolute atomic E-state index is 13.4. The van der Waals surface area contributed by atoms with Crippen molar-refractivity contribution in [1.29, 1.82) is 0 Å². The van der Waals surface area contributed by atoms with Gasteiger partial charge < -0.3 is 63.2 Å². The summed E-state index contributed by atoms with van der Waals surface area (Å²) >= 11 is 5.94. The van der Waals surface area contributed by atoms with Crippen LogP contribution in [0.3, 0.4) is 0 Å². The summed E-state index contributed by atoms with van der Waals surface area (Å²) in [6.45, 7) is 27.5. The molecule has 10 N–H and O–H groups in total. The minimum atomic E-state index is -0.660. The molecule has 0 bridgehead atoms. The quantitative estimate of drug-likeness (QED) is 0.00433. The summed E-state index contributed by atoms with van der Waals surface area (Å²) < 4.78 is 93.4. The van der Waals surface area contributed by atoms with Crippen LogP contribution in [-0.4, -0.2) is 140 Å². The molecule has 1 aliphatic rings. The average molecular weight is 1890 g/mol. The highest BCUT2D eigenvalue weighted by Gasteiger charge is 2.23. The molecule has 722 valence electrons. The topological polar surface area (TPSA) is 346 Å². The molecule has 10 rings (SSSR count). The molecule has 8 amide bonds. The number of hydrogen-bond acceptors (Lipinski definition) is 21. The summed E-state index contributed by atoms with van der Waals surface area (Å²) in [4.78, 5) is 104. The zero-order valence-electron chi connectivity index (χ0n) is 77.5. The summed E-state index contributed by atoms with van der Waals surface area (Å²) in [5, 5.41) is 21.2. The van der Waals surface area contributed by atoms with E-state index in [0.717, 1.165) is 81.0 Å². The Morgan fingerprint density at radius 3 is 0.971 bits per heavy atom. The van der Waals surface area contributed by atoms with E-state index in [9.17, 15) is 55.9 Å². The van der Waals surface area contributed by atoms with E-state index >= 15 is 0 Å². The molecular weight excluding hydrogens is 1770 g/mol. The van der Waals surface area contributed by atoms with Crippen molar-refractivity contribution in [2.45, 2.75) is 107 Å². The van der Waals surface area contributed by atoms with Gasteiger partial charge in [-0.05, 0) is 248 Å². The molecule has 0 radical (unpaired) electrons. The Hall–Kier alpha value is -15.2. The van der Waals surface area contributed by atoms with Crippen molar-refractivity contribution in [1.82, 2.24) is 0 Å². The van der Waals surface area contributed by atoms with Gasteiger partial charge in [-0.2, -0.15) is 0 Å². The van der Waals surface area contributed by atoms with E-state index < -0.39 is 48.7 Å². The SMILES string of the molecule is C=C(/C=C/CN)CN(Cc1ccc(F)cc1)c1ccc(NC(=O)OCC)c(NC(=O)OCC)c1.C=C(CCl)CN(Cc1ccc(F)cc1)c1ccc(NC(=O)OCC)c(NC(=O)OCC)c1.CCOC(=O)Nc1ccc(N(CC#Cc2ccccc2)Cc2ccc(F)cc2)cc1NC(=O)OCC.CCOC(=O)Nc1ccc(N(CC2=CCCCC2)Cc2ccc(F)cc2)cc1NC(=O)OCC. The first-order valence-corrected chi connectivity index (χ1v) is 44.7. The van der Waals surface area contributed by atoms with Crippen LogP contribution in [0.2, 0.25) is 0 Å². The Labute approximate surface area is 796 Å². The largest absolute Gasteiger partial charge is 0.450 e. The van der Waals surface area contributed by atoms with Crippen molar-refractivity contribution in [2.24, 2.45) is 5.73 Å². The Morgan fingerprint density at radius 1 is 0.375 bits per heavy atom. The summed E-state index contributed by atoms with van der Waals surface area (Å²) in [6.07, 6.45) is 5.25. The molecule has 0 heterocycles. The predicted molar refractivity (Wildman–Crippen MR) is 528 cm³/mol. The fourth-order valence-corrected chi connectivity index (χ4v) is 13.2. The molecule has 1 aliphatic carbocycles. The summed E-state index contributed by atoms with van der Waals surface area (Å²) in [6, 6.07) is 55.5. The molecule has 136 heavy (non-hydrogen) atoms. The van der Waals surface area contributed by atoms with Crippen LogP contribution in [-0.2, 0) is 64.1 Å². The Bertz CT molecular complexity index is 5520. The standard InChI is InChI=1S/C28H28FN3O4.C26H32FN3O4.C25H31FN4O4.C23H27ClFN3O4/c1-3-35-27(33)30-25-17-16-24(19-26(25)31-28(34)36-4-2)32(20-22-12-14-23(29)15-13-22)18-8-11-21-9-6-5-7-10-21;1-3-33-25(31)28-23-15-14-22(16-24(23)29-26(32)34-4-2)30(17-19-8-6-5-7-9-19)18-20-10-12-21(27)13-11-20;1-4-33-24(31)28-22-13-12-21(15-23(22)29-25(32)34-5-2)30(16-18(3)7-6-14-27)17-19-8-10-20(26)11-9-19;1-4-31-22(29)26-20-11-10-19(12-21(20)27-23(30)32-5-2)28(14-16(3)13-24)15-17-6-8-18(25)9-7-17/h5-7,9-10,12-17,19H,3-4,18,20H2,1-2H3,(H,30,33)(H,31,34);8,10-16H,3-7,9,17-18H2,1-2H3,(H,28,31)(H,29,32);6-13,15H,3-5,14,16-17,27H2,1-2H3,(H,28,31)(H,29,32);6-12H,3-5,13-15H2,1-2H3,(H,26,29)(H,27,30)/b;;7-6+;. The van der Waals surface area contributed by atoms with Crippen LogP contribution in [0.15, 0.2) is 248 Å². The highest BCUT2D eigenvalue weighted by atomic mass is 35.5. The molecule has 0 unspecified atom stereocenters. The van der Waals surface area contributed by atoms with Gasteiger partial charge in [0.25, 0.3) is 0 Å². The van der Waals surface area contributed by atoms with Crippen molar-refractivity contribution in [3.05, 3.63) is 299 Å². The predicted octanol–water partition coefficient (Wildman–Crippen LogP) is 23.3. The van der Waals surface area contributed by atoms with Gasteiger partial charge in [-0.3, -0.25) is 42.5 Å². The van der Waals surface area contributed by atoms with Crippen molar-refractivity contribution >= 4 is 129 Å². The first-order chi connectivity index (χ1) is 65.7. The zero-order valence-corrected chi connectivity index (χ0v) is 78.3. The second-order valence-electron chi connectivity index (χ2n) is 29.6. The molecule has 0 aromatic heterocycles. The lowest BCUT2D eigenvalue weighted by atomic mass is 9.99. The highest BCUT2D eigenvalue weighted by molar-refractivity contribution is 6.19. The number of carbonyl (C=O) groups is 8. The molecule has 0 aliphatic heterocycles. The maximum atomic E-state index is 13.4. The number of amides is 8. The number of nitrogens with one attached hydrogen (secondary N) is 8. The number of carbonyl (C=O) groups excluding carboxylic acids is 8. The van der Waals surface area contributed by atoms with Crippen molar-refractivity contribution < 1.29 is 93.8 Å². The van der Waals surface area contributed by atoms with Gasteiger partial charge in [0.05, 0.1) is 105 Å². The van der Waals surface area contributed by atoms with Crippen LogP contribution in [0, 0.1) is 35.1 Å². The zero-order chi connectivity index (χ0) is 98.5. The number of nitrogens with two attached hydrogens (primary N) is 1. The van der Waals surface area contributed by atoms with Crippen LogP contribution in [0.25, 0.3) is 0 Å². The van der Waals surface area contributed by atoms with Gasteiger partial charge in [0, 0.05) is 86.6 Å². The van der Waals surface area contributed by atoms with Crippen molar-refractivity contribution in [3.8, 4) is 11.8 Å². The average Bonchev–Trinajstić information content (AvgIpc) is 0.832. The fourth-order valence-electron chi connectivity index (χ4n) is 13.1. The van der Waals surface area contributed by atoms with Gasteiger partial charge in [0.15, 0.2) is 0 Å². The maximum Gasteiger partial charge on any atom is 0.411 e. The number of alkyl halides is 1.